The minimum atomic E-state index is 0.312. The van der Waals surface area contributed by atoms with Gasteiger partial charge in [0.2, 0.25) is 0 Å². The summed E-state index contributed by atoms with van der Waals surface area (Å²) in [5.41, 5.74) is 2.93. The number of hydrogen-bond acceptors (Lipinski definition) is 3. The fourth-order valence-corrected chi connectivity index (χ4v) is 3.40. The van der Waals surface area contributed by atoms with Crippen LogP contribution >= 0.6 is 0 Å². The van der Waals surface area contributed by atoms with E-state index in [1.54, 1.807) is 0 Å². The van der Waals surface area contributed by atoms with E-state index in [0.717, 1.165) is 25.3 Å². The molecule has 1 fully saturated rings. The highest BCUT2D eigenvalue weighted by Gasteiger charge is 2.32. The molecule has 3 heteroatoms. The maximum atomic E-state index is 6.21. The average molecular weight is 288 g/mol. The van der Waals surface area contributed by atoms with Crippen molar-refractivity contribution in [3.05, 3.63) is 23.8 Å². The van der Waals surface area contributed by atoms with Crippen LogP contribution in [0.2, 0.25) is 0 Å². The lowest BCUT2D eigenvalue weighted by molar-refractivity contribution is 0.0555. The Hall–Kier alpha value is -1.22. The predicted octanol–water partition coefficient (Wildman–Crippen LogP) is 3.54. The SMILES string of the molecule is CC(C)N1CCC(C)(COc2cccc3c2NCC3)CC1. The highest BCUT2D eigenvalue weighted by Crippen LogP contribution is 2.36. The number of anilines is 1. The van der Waals surface area contributed by atoms with Gasteiger partial charge in [0.1, 0.15) is 5.75 Å². The van der Waals surface area contributed by atoms with E-state index in [-0.39, 0.29) is 0 Å². The summed E-state index contributed by atoms with van der Waals surface area (Å²) >= 11 is 0. The Morgan fingerprint density at radius 1 is 1.29 bits per heavy atom. The highest BCUT2D eigenvalue weighted by molar-refractivity contribution is 5.65. The summed E-state index contributed by atoms with van der Waals surface area (Å²) in [6.07, 6.45) is 3.58. The minimum Gasteiger partial charge on any atom is -0.491 e. The van der Waals surface area contributed by atoms with Crippen molar-refractivity contribution in [3.63, 3.8) is 0 Å². The van der Waals surface area contributed by atoms with Gasteiger partial charge in [-0.25, -0.2) is 0 Å². The molecule has 3 rings (SSSR count). The summed E-state index contributed by atoms with van der Waals surface area (Å²) in [5, 5.41) is 3.46. The number of para-hydroxylation sites is 1. The fourth-order valence-electron chi connectivity index (χ4n) is 3.40. The third-order valence-corrected chi connectivity index (χ3v) is 5.12. The largest absolute Gasteiger partial charge is 0.491 e. The van der Waals surface area contributed by atoms with E-state index in [4.69, 9.17) is 4.74 Å². The number of fused-ring (bicyclic) bond motifs is 1. The van der Waals surface area contributed by atoms with E-state index >= 15 is 0 Å². The molecular weight excluding hydrogens is 260 g/mol. The molecule has 0 unspecified atom stereocenters. The first kappa shape index (κ1) is 14.7. The lowest BCUT2D eigenvalue weighted by Crippen LogP contribution is -2.44. The molecule has 0 radical (unpaired) electrons. The molecule has 116 valence electrons. The Bertz CT molecular complexity index is 490. The van der Waals surface area contributed by atoms with Gasteiger partial charge >= 0.3 is 0 Å². The van der Waals surface area contributed by atoms with Crippen molar-refractivity contribution in [2.75, 3.05) is 31.6 Å². The van der Waals surface area contributed by atoms with Gasteiger partial charge < -0.3 is 15.0 Å². The molecule has 0 bridgehead atoms. The quantitative estimate of drug-likeness (QED) is 0.917. The number of nitrogens with one attached hydrogen (secondary N) is 1. The van der Waals surface area contributed by atoms with Gasteiger partial charge in [-0.05, 0) is 57.8 Å². The van der Waals surface area contributed by atoms with Crippen molar-refractivity contribution in [1.29, 1.82) is 0 Å². The number of rotatable bonds is 4. The van der Waals surface area contributed by atoms with Crippen LogP contribution in [0.25, 0.3) is 0 Å². The zero-order chi connectivity index (χ0) is 14.9. The van der Waals surface area contributed by atoms with Crippen LogP contribution in [-0.2, 0) is 6.42 Å². The van der Waals surface area contributed by atoms with Crippen LogP contribution in [0.5, 0.6) is 5.75 Å². The van der Waals surface area contributed by atoms with Crippen LogP contribution in [0.1, 0.15) is 39.2 Å². The number of hydrogen-bond donors (Lipinski definition) is 1. The Morgan fingerprint density at radius 2 is 2.05 bits per heavy atom. The van der Waals surface area contributed by atoms with Gasteiger partial charge in [0.05, 0.1) is 12.3 Å². The molecule has 21 heavy (non-hydrogen) atoms. The van der Waals surface area contributed by atoms with Crippen molar-refractivity contribution >= 4 is 5.69 Å². The number of likely N-dealkylation sites (tertiary alicyclic amines) is 1. The molecule has 0 saturated carbocycles. The van der Waals surface area contributed by atoms with Crippen molar-refractivity contribution in [1.82, 2.24) is 4.90 Å². The van der Waals surface area contributed by atoms with Crippen LogP contribution in [0, 0.1) is 5.41 Å². The zero-order valence-corrected chi connectivity index (χ0v) is 13.6. The van der Waals surface area contributed by atoms with E-state index in [9.17, 15) is 0 Å². The third kappa shape index (κ3) is 3.18. The molecule has 1 aromatic rings. The third-order valence-electron chi connectivity index (χ3n) is 5.12. The predicted molar refractivity (Wildman–Crippen MR) is 88.2 cm³/mol. The number of benzene rings is 1. The standard InChI is InChI=1S/C18H28N2O/c1-14(2)20-11-8-18(3,9-12-20)13-21-16-6-4-5-15-7-10-19-17(15)16/h4-6,14,19H,7-13H2,1-3H3. The summed E-state index contributed by atoms with van der Waals surface area (Å²) in [6.45, 7) is 11.2. The van der Waals surface area contributed by atoms with Gasteiger partial charge in [-0.3, -0.25) is 0 Å². The van der Waals surface area contributed by atoms with Crippen LogP contribution in [0.4, 0.5) is 5.69 Å². The summed E-state index contributed by atoms with van der Waals surface area (Å²) in [4.78, 5) is 2.57. The van der Waals surface area contributed by atoms with Gasteiger partial charge in [0.25, 0.3) is 0 Å². The molecule has 3 nitrogen and oxygen atoms in total. The van der Waals surface area contributed by atoms with Gasteiger partial charge in [0.15, 0.2) is 0 Å². The van der Waals surface area contributed by atoms with E-state index in [1.165, 1.54) is 37.2 Å². The Labute approximate surface area is 128 Å². The molecule has 2 heterocycles. The number of ether oxygens (including phenoxy) is 1. The lowest BCUT2D eigenvalue weighted by atomic mass is 9.81. The molecule has 1 aromatic carbocycles. The summed E-state index contributed by atoms with van der Waals surface area (Å²) in [5.74, 6) is 1.04. The minimum absolute atomic E-state index is 0.312. The Balaban J connectivity index is 1.59. The second kappa shape index (κ2) is 5.88. The molecule has 1 N–H and O–H groups in total. The Morgan fingerprint density at radius 3 is 2.76 bits per heavy atom. The van der Waals surface area contributed by atoms with Crippen LogP contribution in [0.15, 0.2) is 18.2 Å². The molecule has 0 aliphatic carbocycles. The highest BCUT2D eigenvalue weighted by atomic mass is 16.5. The van der Waals surface area contributed by atoms with Gasteiger partial charge in [-0.15, -0.1) is 0 Å². The molecule has 0 atom stereocenters. The monoisotopic (exact) mass is 288 g/mol. The van der Waals surface area contributed by atoms with E-state index in [2.05, 4.69) is 49.2 Å². The lowest BCUT2D eigenvalue weighted by Gasteiger charge is -2.40. The van der Waals surface area contributed by atoms with Gasteiger partial charge in [-0.1, -0.05) is 19.1 Å². The van der Waals surface area contributed by atoms with Crippen molar-refractivity contribution in [2.24, 2.45) is 5.41 Å². The smallest absolute Gasteiger partial charge is 0.142 e. The van der Waals surface area contributed by atoms with Gasteiger partial charge in [0, 0.05) is 18.0 Å². The molecular formula is C18H28N2O. The molecule has 1 saturated heterocycles. The molecule has 2 aliphatic heterocycles. The first-order valence-corrected chi connectivity index (χ1v) is 8.30. The second-order valence-corrected chi connectivity index (χ2v) is 7.20. The van der Waals surface area contributed by atoms with Crippen molar-refractivity contribution in [3.8, 4) is 5.75 Å². The molecule has 0 spiro atoms. The zero-order valence-electron chi connectivity index (χ0n) is 13.6. The van der Waals surface area contributed by atoms with Crippen LogP contribution < -0.4 is 10.1 Å². The fraction of sp³-hybridized carbons (Fsp3) is 0.667. The van der Waals surface area contributed by atoms with Crippen molar-refractivity contribution < 1.29 is 4.74 Å². The van der Waals surface area contributed by atoms with Gasteiger partial charge in [-0.2, -0.15) is 0 Å². The summed E-state index contributed by atoms with van der Waals surface area (Å²) in [6, 6.07) is 7.08. The molecule has 0 aromatic heterocycles. The molecule has 2 aliphatic rings. The van der Waals surface area contributed by atoms with E-state index in [1.807, 2.05) is 0 Å². The van der Waals surface area contributed by atoms with Crippen LogP contribution in [0.3, 0.4) is 0 Å². The van der Waals surface area contributed by atoms with E-state index < -0.39 is 0 Å². The summed E-state index contributed by atoms with van der Waals surface area (Å²) < 4.78 is 6.21. The number of piperidine rings is 1. The topological polar surface area (TPSA) is 24.5 Å². The summed E-state index contributed by atoms with van der Waals surface area (Å²) in [7, 11) is 0. The molecule has 0 amide bonds. The maximum absolute atomic E-state index is 6.21. The van der Waals surface area contributed by atoms with E-state index in [0.29, 0.717) is 11.5 Å². The first-order chi connectivity index (χ1) is 10.1. The number of nitrogens with zero attached hydrogens (tertiary/aromatic N) is 1. The average Bonchev–Trinajstić information content (AvgIpc) is 2.94. The normalized spacial score (nSPS) is 21.1. The second-order valence-electron chi connectivity index (χ2n) is 7.20. The maximum Gasteiger partial charge on any atom is 0.142 e. The van der Waals surface area contributed by atoms with Crippen LogP contribution in [-0.4, -0.2) is 37.2 Å². The first-order valence-electron chi connectivity index (χ1n) is 8.30. The Kier molecular flexibility index (Phi) is 4.12. The van der Waals surface area contributed by atoms with Crippen molar-refractivity contribution in [2.45, 2.75) is 46.1 Å².